The zero-order chi connectivity index (χ0) is 11.3. The van der Waals surface area contributed by atoms with Gasteiger partial charge in [-0.15, -0.1) is 0 Å². The minimum atomic E-state index is -1.21. The standard InChI is InChI=1S/C11H10N2O3/c14-10-12-6-2-4-7-3-1-5-8(9(7)12)13(10)11(15)16/h1,3,5H,2,4,6H2,(H,15,16). The van der Waals surface area contributed by atoms with Crippen LogP contribution in [-0.2, 0) is 13.0 Å². The maximum absolute atomic E-state index is 11.9. The number of carbonyl (C=O) groups is 1. The Morgan fingerprint density at radius 1 is 1.38 bits per heavy atom. The average molecular weight is 218 g/mol. The Hall–Kier alpha value is -2.04. The van der Waals surface area contributed by atoms with Crippen molar-refractivity contribution in [3.8, 4) is 0 Å². The molecule has 0 atom stereocenters. The summed E-state index contributed by atoms with van der Waals surface area (Å²) >= 11 is 0. The van der Waals surface area contributed by atoms with Gasteiger partial charge >= 0.3 is 11.8 Å². The minimum absolute atomic E-state index is 0.449. The molecule has 1 aliphatic heterocycles. The molecule has 1 aliphatic rings. The van der Waals surface area contributed by atoms with Crippen LogP contribution in [0, 0.1) is 0 Å². The van der Waals surface area contributed by atoms with Crippen LogP contribution in [0.2, 0.25) is 0 Å². The molecule has 16 heavy (non-hydrogen) atoms. The largest absolute Gasteiger partial charge is 0.464 e. The van der Waals surface area contributed by atoms with Crippen molar-refractivity contribution in [1.29, 1.82) is 0 Å². The Morgan fingerprint density at radius 3 is 2.94 bits per heavy atom. The van der Waals surface area contributed by atoms with Gasteiger partial charge in [0.1, 0.15) is 0 Å². The molecule has 0 fully saturated rings. The van der Waals surface area contributed by atoms with E-state index in [2.05, 4.69) is 0 Å². The summed E-state index contributed by atoms with van der Waals surface area (Å²) in [4.78, 5) is 22.9. The van der Waals surface area contributed by atoms with Crippen LogP contribution < -0.4 is 5.69 Å². The maximum atomic E-state index is 11.9. The van der Waals surface area contributed by atoms with E-state index < -0.39 is 11.8 Å². The molecule has 0 amide bonds. The molecular formula is C11H10N2O3. The van der Waals surface area contributed by atoms with Crippen molar-refractivity contribution in [3.63, 3.8) is 0 Å². The quantitative estimate of drug-likeness (QED) is 0.724. The Bertz CT molecular complexity index is 651. The van der Waals surface area contributed by atoms with E-state index in [1.54, 1.807) is 16.7 Å². The number of nitrogens with zero attached hydrogens (tertiary/aromatic N) is 2. The van der Waals surface area contributed by atoms with Crippen molar-refractivity contribution in [2.45, 2.75) is 19.4 Å². The highest BCUT2D eigenvalue weighted by atomic mass is 16.4. The van der Waals surface area contributed by atoms with E-state index in [9.17, 15) is 9.59 Å². The van der Waals surface area contributed by atoms with Gasteiger partial charge in [0.25, 0.3) is 0 Å². The summed E-state index contributed by atoms with van der Waals surface area (Å²) in [6.07, 6.45) is 0.573. The molecule has 1 aromatic heterocycles. The lowest BCUT2D eigenvalue weighted by molar-refractivity contribution is 0.196. The van der Waals surface area contributed by atoms with Gasteiger partial charge < -0.3 is 5.11 Å². The van der Waals surface area contributed by atoms with E-state index in [4.69, 9.17) is 5.11 Å². The van der Waals surface area contributed by atoms with Crippen LogP contribution in [0.1, 0.15) is 12.0 Å². The van der Waals surface area contributed by atoms with Crippen molar-refractivity contribution < 1.29 is 9.90 Å². The highest BCUT2D eigenvalue weighted by Gasteiger charge is 2.21. The molecule has 2 aromatic rings. The summed E-state index contributed by atoms with van der Waals surface area (Å²) in [6, 6.07) is 5.42. The number of imidazole rings is 1. The highest BCUT2D eigenvalue weighted by molar-refractivity contribution is 5.88. The summed E-state index contributed by atoms with van der Waals surface area (Å²) in [5.41, 5.74) is 1.88. The van der Waals surface area contributed by atoms with Crippen LogP contribution in [0.3, 0.4) is 0 Å². The van der Waals surface area contributed by atoms with Crippen LogP contribution in [-0.4, -0.2) is 20.3 Å². The molecule has 0 aliphatic carbocycles. The van der Waals surface area contributed by atoms with Gasteiger partial charge in [0.2, 0.25) is 0 Å². The first-order valence-corrected chi connectivity index (χ1v) is 5.16. The number of carboxylic acid groups (broad SMARTS) is 1. The fourth-order valence-corrected chi connectivity index (χ4v) is 2.41. The first-order chi connectivity index (χ1) is 7.70. The van der Waals surface area contributed by atoms with Crippen molar-refractivity contribution in [2.75, 3.05) is 0 Å². The van der Waals surface area contributed by atoms with E-state index >= 15 is 0 Å². The van der Waals surface area contributed by atoms with Crippen LogP contribution in [0.25, 0.3) is 11.0 Å². The predicted molar refractivity (Wildman–Crippen MR) is 57.9 cm³/mol. The van der Waals surface area contributed by atoms with Gasteiger partial charge in [-0.3, -0.25) is 4.57 Å². The molecule has 0 spiro atoms. The van der Waals surface area contributed by atoms with Gasteiger partial charge in [-0.2, -0.15) is 4.57 Å². The van der Waals surface area contributed by atoms with Crippen molar-refractivity contribution >= 4 is 17.1 Å². The topological polar surface area (TPSA) is 64.2 Å². The van der Waals surface area contributed by atoms with Gasteiger partial charge in [-0.25, -0.2) is 9.59 Å². The van der Waals surface area contributed by atoms with Crippen LogP contribution in [0.15, 0.2) is 23.0 Å². The molecule has 2 heterocycles. The van der Waals surface area contributed by atoms with E-state index in [0.717, 1.165) is 28.5 Å². The van der Waals surface area contributed by atoms with Gasteiger partial charge in [0.05, 0.1) is 11.0 Å². The van der Waals surface area contributed by atoms with Crippen molar-refractivity contribution in [2.24, 2.45) is 0 Å². The van der Waals surface area contributed by atoms with Gasteiger partial charge in [0, 0.05) is 6.54 Å². The summed E-state index contributed by atoms with van der Waals surface area (Å²) in [5.74, 6) is 0. The number of rotatable bonds is 0. The van der Waals surface area contributed by atoms with Gasteiger partial charge in [-0.1, -0.05) is 12.1 Å². The molecule has 5 heteroatoms. The SMILES string of the molecule is O=C(O)n1c(=O)n2c3c(cccc31)CCC2. The predicted octanol–water partition coefficient (Wildman–Crippen LogP) is 1.28. The number of aromatic nitrogens is 2. The molecule has 0 unspecified atom stereocenters. The molecule has 0 bridgehead atoms. The monoisotopic (exact) mass is 218 g/mol. The third-order valence-corrected chi connectivity index (χ3v) is 3.05. The normalized spacial score (nSPS) is 14.2. The summed E-state index contributed by atoms with van der Waals surface area (Å²) < 4.78 is 2.38. The second-order valence-corrected chi connectivity index (χ2v) is 3.94. The number of hydrogen-bond acceptors (Lipinski definition) is 2. The zero-order valence-electron chi connectivity index (χ0n) is 8.51. The number of hydrogen-bond donors (Lipinski definition) is 1. The lowest BCUT2D eigenvalue weighted by Crippen LogP contribution is -2.29. The molecule has 0 saturated carbocycles. The van der Waals surface area contributed by atoms with Crippen molar-refractivity contribution in [1.82, 2.24) is 9.13 Å². The molecule has 0 saturated heterocycles. The summed E-state index contributed by atoms with van der Waals surface area (Å²) in [7, 11) is 0. The molecule has 1 aromatic carbocycles. The van der Waals surface area contributed by atoms with Gasteiger partial charge in [-0.05, 0) is 24.5 Å². The molecule has 3 rings (SSSR count). The first-order valence-electron chi connectivity index (χ1n) is 5.16. The second kappa shape index (κ2) is 2.98. The molecule has 0 radical (unpaired) electrons. The number of benzene rings is 1. The number of para-hydroxylation sites is 1. The summed E-state index contributed by atoms with van der Waals surface area (Å²) in [6.45, 7) is 0.604. The van der Waals surface area contributed by atoms with E-state index in [-0.39, 0.29) is 0 Å². The second-order valence-electron chi connectivity index (χ2n) is 3.94. The zero-order valence-corrected chi connectivity index (χ0v) is 8.51. The first kappa shape index (κ1) is 9.21. The van der Waals surface area contributed by atoms with Crippen LogP contribution >= 0.6 is 0 Å². The van der Waals surface area contributed by atoms with Gasteiger partial charge in [0.15, 0.2) is 0 Å². The Kier molecular flexibility index (Phi) is 1.71. The Labute approximate surface area is 90.5 Å². The van der Waals surface area contributed by atoms with Crippen LogP contribution in [0.4, 0.5) is 4.79 Å². The third kappa shape index (κ3) is 0.997. The maximum Gasteiger partial charge on any atom is 0.420 e. The lowest BCUT2D eigenvalue weighted by atomic mass is 10.0. The minimum Gasteiger partial charge on any atom is -0.464 e. The third-order valence-electron chi connectivity index (χ3n) is 3.05. The molecule has 5 nitrogen and oxygen atoms in total. The Morgan fingerprint density at radius 2 is 2.19 bits per heavy atom. The summed E-state index contributed by atoms with van der Waals surface area (Å²) in [5, 5.41) is 9.03. The fourth-order valence-electron chi connectivity index (χ4n) is 2.41. The van der Waals surface area contributed by atoms with Crippen molar-refractivity contribution in [3.05, 3.63) is 34.2 Å². The van der Waals surface area contributed by atoms with E-state index in [1.807, 2.05) is 6.07 Å². The smallest absolute Gasteiger partial charge is 0.420 e. The van der Waals surface area contributed by atoms with E-state index in [0.29, 0.717) is 12.1 Å². The molecular weight excluding hydrogens is 208 g/mol. The lowest BCUT2D eigenvalue weighted by Gasteiger charge is -2.12. The molecule has 1 N–H and O–H groups in total. The Balaban J connectivity index is 2.56. The average Bonchev–Trinajstić information content (AvgIpc) is 2.55. The number of aryl methyl sites for hydroxylation is 2. The molecule has 82 valence electrons. The van der Waals surface area contributed by atoms with Crippen LogP contribution in [0.5, 0.6) is 0 Å². The fraction of sp³-hybridized carbons (Fsp3) is 0.273. The highest BCUT2D eigenvalue weighted by Crippen LogP contribution is 2.23. The van der Waals surface area contributed by atoms with E-state index in [1.165, 1.54) is 0 Å².